The van der Waals surface area contributed by atoms with E-state index in [0.29, 0.717) is 16.5 Å². The molecule has 0 saturated carbocycles. The van der Waals surface area contributed by atoms with Gasteiger partial charge in [-0.2, -0.15) is 0 Å². The molecule has 5 nitrogen and oxygen atoms in total. The van der Waals surface area contributed by atoms with Gasteiger partial charge in [0.25, 0.3) is 0 Å². The van der Waals surface area contributed by atoms with Gasteiger partial charge in [-0.05, 0) is 113 Å². The van der Waals surface area contributed by atoms with Gasteiger partial charge in [-0.25, -0.2) is 9.59 Å². The third kappa shape index (κ3) is 5.80. The monoisotopic (exact) mass is 684 g/mol. The lowest BCUT2D eigenvalue weighted by Crippen LogP contribution is -2.19. The summed E-state index contributed by atoms with van der Waals surface area (Å²) >= 11 is 0. The van der Waals surface area contributed by atoms with Crippen LogP contribution in [-0.2, 0) is 4.74 Å². The maximum atomic E-state index is 13.1. The second kappa shape index (κ2) is 13.5. The number of esters is 2. The van der Waals surface area contributed by atoms with Crippen LogP contribution in [0.15, 0.2) is 194 Å². The number of para-hydroxylation sites is 4. The normalized spacial score (nSPS) is 12.0. The molecule has 0 amide bonds. The number of carbonyl (C=O) groups is 2. The molecule has 5 heteroatoms. The number of hydrogen-bond acceptors (Lipinski definition) is 5. The molecule has 8 aromatic rings. The topological polar surface area (TPSA) is 49.9 Å². The number of carbonyl (C=O) groups excluding carboxylic acids is 2. The zero-order chi connectivity index (χ0) is 35.7. The first-order chi connectivity index (χ1) is 26.1. The molecule has 1 aliphatic rings. The average Bonchev–Trinajstić information content (AvgIpc) is 3.22. The zero-order valence-electron chi connectivity index (χ0n) is 28.6. The third-order valence-corrected chi connectivity index (χ3v) is 9.72. The summed E-state index contributed by atoms with van der Waals surface area (Å²) in [7, 11) is 0. The fraction of sp³-hybridized carbons (Fsp3) is 0. The van der Waals surface area contributed by atoms with Crippen molar-refractivity contribution in [2.75, 3.05) is 9.80 Å². The molecular formula is C48H32N2O3. The van der Waals surface area contributed by atoms with Crippen LogP contribution in [0.2, 0.25) is 0 Å². The predicted octanol–water partition coefficient (Wildman–Crippen LogP) is 12.4. The maximum absolute atomic E-state index is 13.1. The van der Waals surface area contributed by atoms with E-state index in [1.807, 2.05) is 84.9 Å². The number of benzene rings is 8. The van der Waals surface area contributed by atoms with Crippen LogP contribution in [0.4, 0.5) is 34.1 Å². The van der Waals surface area contributed by atoms with Crippen LogP contribution in [0.25, 0.3) is 33.0 Å². The zero-order valence-corrected chi connectivity index (χ0v) is 28.6. The van der Waals surface area contributed by atoms with Gasteiger partial charge in [0, 0.05) is 39.5 Å². The van der Waals surface area contributed by atoms with Gasteiger partial charge in [0.05, 0.1) is 11.1 Å². The van der Waals surface area contributed by atoms with Crippen molar-refractivity contribution >= 4 is 56.8 Å². The molecule has 53 heavy (non-hydrogen) atoms. The van der Waals surface area contributed by atoms with E-state index in [2.05, 4.69) is 107 Å². The van der Waals surface area contributed by atoms with Crippen molar-refractivity contribution < 1.29 is 14.3 Å². The molecule has 0 atom stereocenters. The van der Waals surface area contributed by atoms with Crippen molar-refractivity contribution in [3.05, 3.63) is 205 Å². The molecule has 0 unspecified atom stereocenters. The molecule has 8 aromatic carbocycles. The highest BCUT2D eigenvalue weighted by molar-refractivity contribution is 6.25. The van der Waals surface area contributed by atoms with Gasteiger partial charge in [-0.1, -0.05) is 109 Å². The highest BCUT2D eigenvalue weighted by atomic mass is 16.6. The van der Waals surface area contributed by atoms with Gasteiger partial charge in [0.2, 0.25) is 0 Å². The molecule has 0 radical (unpaired) electrons. The second-order valence-electron chi connectivity index (χ2n) is 12.9. The summed E-state index contributed by atoms with van der Waals surface area (Å²) in [4.78, 5) is 30.6. The van der Waals surface area contributed by atoms with Gasteiger partial charge in [0.1, 0.15) is 0 Å². The van der Waals surface area contributed by atoms with Gasteiger partial charge in [-0.3, -0.25) is 0 Å². The first kappa shape index (κ1) is 31.7. The predicted molar refractivity (Wildman–Crippen MR) is 214 cm³/mol. The van der Waals surface area contributed by atoms with Crippen molar-refractivity contribution in [2.45, 2.75) is 0 Å². The molecule has 1 heterocycles. The largest absolute Gasteiger partial charge is 0.386 e. The number of nitrogens with zero attached hydrogens (tertiary/aromatic N) is 2. The van der Waals surface area contributed by atoms with Crippen molar-refractivity contribution in [1.29, 1.82) is 0 Å². The number of rotatable bonds is 8. The van der Waals surface area contributed by atoms with E-state index in [-0.39, 0.29) is 0 Å². The summed E-state index contributed by atoms with van der Waals surface area (Å²) in [6.07, 6.45) is 0. The highest BCUT2D eigenvalue weighted by Crippen LogP contribution is 2.44. The molecule has 0 aromatic heterocycles. The molecule has 0 bridgehead atoms. The number of cyclic esters (lactones) is 2. The van der Waals surface area contributed by atoms with Crippen LogP contribution < -0.4 is 9.80 Å². The van der Waals surface area contributed by atoms with Crippen LogP contribution in [-0.4, -0.2) is 11.9 Å². The Morgan fingerprint density at radius 3 is 0.868 bits per heavy atom. The summed E-state index contributed by atoms with van der Waals surface area (Å²) in [5, 5.41) is 1.44. The van der Waals surface area contributed by atoms with Crippen LogP contribution >= 0.6 is 0 Å². The van der Waals surface area contributed by atoms with E-state index >= 15 is 0 Å². The Hall–Kier alpha value is -7.24. The SMILES string of the molecule is O=C1OC(=O)c2ccc(-c3ccc(N(c4ccccc4)c4ccccc4)cc3)c3c(-c4ccc(N(c5ccccc5)c5ccccc5)cc4)ccc1c23. The summed E-state index contributed by atoms with van der Waals surface area (Å²) in [5.41, 5.74) is 10.7. The number of hydrogen-bond donors (Lipinski definition) is 0. The number of anilines is 6. The van der Waals surface area contributed by atoms with E-state index in [1.54, 1.807) is 12.1 Å². The first-order valence-electron chi connectivity index (χ1n) is 17.5. The van der Waals surface area contributed by atoms with Crippen molar-refractivity contribution in [3.8, 4) is 22.3 Å². The molecular weight excluding hydrogens is 653 g/mol. The minimum absolute atomic E-state index is 0.382. The molecule has 0 aliphatic carbocycles. The minimum Gasteiger partial charge on any atom is -0.386 e. The van der Waals surface area contributed by atoms with Gasteiger partial charge in [0.15, 0.2) is 0 Å². The summed E-state index contributed by atoms with van der Waals surface area (Å²) < 4.78 is 5.16. The lowest BCUT2D eigenvalue weighted by Gasteiger charge is -2.26. The van der Waals surface area contributed by atoms with E-state index in [9.17, 15) is 9.59 Å². The molecule has 9 rings (SSSR count). The van der Waals surface area contributed by atoms with Gasteiger partial charge in [-0.15, -0.1) is 0 Å². The second-order valence-corrected chi connectivity index (χ2v) is 12.9. The molecule has 0 fully saturated rings. The molecule has 0 spiro atoms. The minimum atomic E-state index is -0.635. The Labute approximate surface area is 307 Å². The van der Waals surface area contributed by atoms with E-state index < -0.39 is 11.9 Å². The van der Waals surface area contributed by atoms with Crippen LogP contribution in [0, 0.1) is 0 Å². The van der Waals surface area contributed by atoms with Crippen molar-refractivity contribution in [1.82, 2.24) is 0 Å². The van der Waals surface area contributed by atoms with Crippen LogP contribution in [0.5, 0.6) is 0 Å². The third-order valence-electron chi connectivity index (χ3n) is 9.72. The Kier molecular flexibility index (Phi) is 8.06. The first-order valence-corrected chi connectivity index (χ1v) is 17.5. The lowest BCUT2D eigenvalue weighted by atomic mass is 9.86. The molecule has 0 N–H and O–H groups in total. The quantitative estimate of drug-likeness (QED) is 0.118. The van der Waals surface area contributed by atoms with Crippen molar-refractivity contribution in [2.24, 2.45) is 0 Å². The highest BCUT2D eigenvalue weighted by Gasteiger charge is 2.30. The fourth-order valence-corrected chi connectivity index (χ4v) is 7.29. The van der Waals surface area contributed by atoms with E-state index in [1.165, 1.54) is 0 Å². The van der Waals surface area contributed by atoms with Crippen molar-refractivity contribution in [3.63, 3.8) is 0 Å². The lowest BCUT2D eigenvalue weighted by molar-refractivity contribution is 0.0391. The fourth-order valence-electron chi connectivity index (χ4n) is 7.29. The van der Waals surface area contributed by atoms with E-state index in [4.69, 9.17) is 4.74 Å². The Morgan fingerprint density at radius 1 is 0.283 bits per heavy atom. The average molecular weight is 685 g/mol. The van der Waals surface area contributed by atoms with Gasteiger partial charge >= 0.3 is 11.9 Å². The van der Waals surface area contributed by atoms with Crippen LogP contribution in [0.3, 0.4) is 0 Å². The van der Waals surface area contributed by atoms with E-state index in [0.717, 1.165) is 61.8 Å². The Bertz CT molecular complexity index is 2330. The molecule has 0 saturated heterocycles. The summed E-state index contributed by atoms with van der Waals surface area (Å²) in [6, 6.07) is 65.5. The Balaban J connectivity index is 1.18. The van der Waals surface area contributed by atoms with Gasteiger partial charge < -0.3 is 14.5 Å². The standard InChI is InChI=1S/C48H32N2O3/c51-47-43-31-29-41(33-21-25-39(26-22-33)49(35-13-5-1-6-14-35)36-15-7-2-8-16-36)45-42(30-32-44(46(43)45)48(52)53-47)34-23-27-40(28-24-34)50(37-17-9-3-10-18-37)38-19-11-4-12-20-38/h1-32H. The summed E-state index contributed by atoms with van der Waals surface area (Å²) in [6.45, 7) is 0. The maximum Gasteiger partial charge on any atom is 0.346 e. The Morgan fingerprint density at radius 2 is 0.547 bits per heavy atom. The molecule has 1 aliphatic heterocycles. The van der Waals surface area contributed by atoms with Crippen LogP contribution in [0.1, 0.15) is 20.7 Å². The summed E-state index contributed by atoms with van der Waals surface area (Å²) in [5.74, 6) is -1.27. The number of ether oxygens (including phenoxy) is 1. The molecule has 252 valence electrons. The smallest absolute Gasteiger partial charge is 0.346 e.